The Balaban J connectivity index is 1.28. The van der Waals surface area contributed by atoms with Crippen molar-refractivity contribution in [3.05, 3.63) is 106 Å². The van der Waals surface area contributed by atoms with Gasteiger partial charge in [-0.15, -0.1) is 10.2 Å². The van der Waals surface area contributed by atoms with Gasteiger partial charge in [-0.2, -0.15) is 5.10 Å². The van der Waals surface area contributed by atoms with E-state index in [0.717, 1.165) is 27.1 Å². The number of amides is 2. The summed E-state index contributed by atoms with van der Waals surface area (Å²) in [5.74, 6) is 1.15. The predicted molar refractivity (Wildman–Crippen MR) is 157 cm³/mol. The van der Waals surface area contributed by atoms with E-state index in [0.29, 0.717) is 23.0 Å². The van der Waals surface area contributed by atoms with Crippen molar-refractivity contribution < 1.29 is 14.3 Å². The molecule has 1 aliphatic rings. The Hall–Kier alpha value is -3.96. The number of benzene rings is 3. The second-order valence-corrected chi connectivity index (χ2v) is 10.9. The number of thioether (sulfide) groups is 1. The molecule has 2 amide bonds. The minimum atomic E-state index is -0.235. The number of ether oxygens (including phenoxy) is 1. The molecule has 0 radical (unpaired) electrons. The highest BCUT2D eigenvalue weighted by Crippen LogP contribution is 2.34. The molecule has 1 N–H and O–H groups in total. The number of halogens is 1. The zero-order chi connectivity index (χ0) is 28.1. The summed E-state index contributed by atoms with van der Waals surface area (Å²) >= 11 is 4.76. The van der Waals surface area contributed by atoms with Crippen LogP contribution < -0.4 is 10.1 Å². The van der Waals surface area contributed by atoms with Crippen LogP contribution in [0.4, 0.5) is 0 Å². The van der Waals surface area contributed by atoms with E-state index in [9.17, 15) is 9.59 Å². The molecule has 0 aliphatic carbocycles. The summed E-state index contributed by atoms with van der Waals surface area (Å²) in [5.41, 5.74) is 3.37. The van der Waals surface area contributed by atoms with Gasteiger partial charge in [0.1, 0.15) is 5.75 Å². The zero-order valence-electron chi connectivity index (χ0n) is 22.0. The highest BCUT2D eigenvalue weighted by Gasteiger charge is 2.33. The predicted octanol–water partition coefficient (Wildman–Crippen LogP) is 4.99. The molecule has 0 fully saturated rings. The zero-order valence-corrected chi connectivity index (χ0v) is 24.4. The van der Waals surface area contributed by atoms with E-state index in [1.165, 1.54) is 11.8 Å². The molecule has 0 saturated carbocycles. The maximum absolute atomic E-state index is 13.5. The number of hydrazone groups is 1. The van der Waals surface area contributed by atoms with Crippen molar-refractivity contribution in [3.8, 4) is 5.75 Å². The normalized spacial score (nSPS) is 14.6. The molecule has 0 bridgehead atoms. The number of nitrogens with zero attached hydrogens (tertiary/aromatic N) is 5. The molecular weight excluding hydrogens is 592 g/mol. The fraction of sp³-hybridized carbons (Fsp3) is 0.207. The third-order valence-electron chi connectivity index (χ3n) is 6.54. The number of hydrogen-bond donors (Lipinski definition) is 1. The molecule has 2 heterocycles. The van der Waals surface area contributed by atoms with E-state index >= 15 is 0 Å². The summed E-state index contributed by atoms with van der Waals surface area (Å²) in [7, 11) is 3.44. The second-order valence-electron chi connectivity index (χ2n) is 9.08. The summed E-state index contributed by atoms with van der Waals surface area (Å²) in [6, 6.07) is 24.4. The summed E-state index contributed by atoms with van der Waals surface area (Å²) in [5, 5.41) is 18.2. The Morgan fingerprint density at radius 2 is 1.75 bits per heavy atom. The third kappa shape index (κ3) is 6.26. The minimum absolute atomic E-state index is 0.131. The number of carbonyl (C=O) groups excluding carboxylic acids is 2. The van der Waals surface area contributed by atoms with Gasteiger partial charge in [-0.25, -0.2) is 5.01 Å². The van der Waals surface area contributed by atoms with Gasteiger partial charge in [-0.3, -0.25) is 9.59 Å². The van der Waals surface area contributed by atoms with Gasteiger partial charge < -0.3 is 14.6 Å². The topological polar surface area (TPSA) is 102 Å². The third-order valence-corrected chi connectivity index (χ3v) is 8.07. The quantitative estimate of drug-likeness (QED) is 0.265. The Bertz CT molecular complexity index is 1520. The molecule has 11 heteroatoms. The van der Waals surface area contributed by atoms with Crippen molar-refractivity contribution in [2.45, 2.75) is 24.2 Å². The molecule has 4 aromatic rings. The number of methoxy groups -OCH3 is 1. The molecule has 3 aromatic carbocycles. The first kappa shape index (κ1) is 27.6. The van der Waals surface area contributed by atoms with Gasteiger partial charge in [-0.1, -0.05) is 70.2 Å². The van der Waals surface area contributed by atoms with E-state index < -0.39 is 0 Å². The Labute approximate surface area is 244 Å². The van der Waals surface area contributed by atoms with E-state index in [1.807, 2.05) is 73.8 Å². The van der Waals surface area contributed by atoms with Gasteiger partial charge >= 0.3 is 0 Å². The average Bonchev–Trinajstić information content (AvgIpc) is 3.59. The molecule has 0 unspecified atom stereocenters. The second kappa shape index (κ2) is 12.5. The van der Waals surface area contributed by atoms with Crippen molar-refractivity contribution in [2.75, 3.05) is 12.9 Å². The summed E-state index contributed by atoms with van der Waals surface area (Å²) in [4.78, 5) is 25.9. The van der Waals surface area contributed by atoms with Gasteiger partial charge in [0, 0.05) is 23.5 Å². The lowest BCUT2D eigenvalue weighted by Gasteiger charge is -2.22. The Morgan fingerprint density at radius 1 is 1.02 bits per heavy atom. The van der Waals surface area contributed by atoms with Gasteiger partial charge in [-0.05, 0) is 47.5 Å². The first-order valence-electron chi connectivity index (χ1n) is 12.6. The average molecular weight is 620 g/mol. The van der Waals surface area contributed by atoms with E-state index in [4.69, 9.17) is 9.84 Å². The lowest BCUT2D eigenvalue weighted by atomic mass is 9.98. The van der Waals surface area contributed by atoms with Gasteiger partial charge in [0.15, 0.2) is 11.0 Å². The highest BCUT2D eigenvalue weighted by atomic mass is 79.9. The van der Waals surface area contributed by atoms with Crippen molar-refractivity contribution >= 4 is 45.2 Å². The van der Waals surface area contributed by atoms with Crippen LogP contribution in [-0.4, -0.2) is 50.2 Å². The SMILES string of the molecule is COc1ccc([C@@H]2CC(c3ccc(Br)cc3)=NN2C(=O)CSc2nnc(CNC(=O)c3ccccc3)n2C)cc1. The van der Waals surface area contributed by atoms with Crippen molar-refractivity contribution in [1.29, 1.82) is 0 Å². The van der Waals surface area contributed by atoms with Crippen molar-refractivity contribution in [3.63, 3.8) is 0 Å². The maximum atomic E-state index is 13.5. The smallest absolute Gasteiger partial charge is 0.253 e. The lowest BCUT2D eigenvalue weighted by molar-refractivity contribution is -0.130. The van der Waals surface area contributed by atoms with E-state index in [2.05, 4.69) is 31.4 Å². The molecule has 1 aromatic heterocycles. The fourth-order valence-electron chi connectivity index (χ4n) is 4.31. The van der Waals surface area contributed by atoms with Crippen molar-refractivity contribution in [1.82, 2.24) is 25.1 Å². The maximum Gasteiger partial charge on any atom is 0.253 e. The number of aromatic nitrogens is 3. The standard InChI is InChI=1S/C29H27BrN6O3S/c1-35-26(17-31-28(38)21-6-4-3-5-7-21)32-33-29(35)40-18-27(37)36-25(20-10-14-23(39-2)15-11-20)16-24(34-36)19-8-12-22(30)13-9-19/h3-15,25H,16-18H2,1-2H3,(H,31,38)/t25-/m0/s1. The van der Waals surface area contributed by atoms with Crippen LogP contribution in [0.1, 0.15) is 39.8 Å². The summed E-state index contributed by atoms with van der Waals surface area (Å²) in [6.07, 6.45) is 0.597. The number of carbonyl (C=O) groups is 2. The largest absolute Gasteiger partial charge is 0.497 e. The van der Waals surface area contributed by atoms with Crippen LogP contribution in [0.5, 0.6) is 5.75 Å². The molecular formula is C29H27BrN6O3S. The first-order chi connectivity index (χ1) is 19.4. The molecule has 0 spiro atoms. The van der Waals surface area contributed by atoms with Gasteiger partial charge in [0.05, 0.1) is 31.2 Å². The van der Waals surface area contributed by atoms with E-state index in [1.54, 1.807) is 28.8 Å². The number of nitrogens with one attached hydrogen (secondary N) is 1. The monoisotopic (exact) mass is 618 g/mol. The molecule has 40 heavy (non-hydrogen) atoms. The molecule has 9 nitrogen and oxygen atoms in total. The highest BCUT2D eigenvalue weighted by molar-refractivity contribution is 9.10. The number of hydrogen-bond acceptors (Lipinski definition) is 7. The Morgan fingerprint density at radius 3 is 2.45 bits per heavy atom. The van der Waals surface area contributed by atoms with Crippen LogP contribution in [0.3, 0.4) is 0 Å². The lowest BCUT2D eigenvalue weighted by Crippen LogP contribution is -2.28. The summed E-state index contributed by atoms with van der Waals surface area (Å²) < 4.78 is 8.07. The molecule has 1 aliphatic heterocycles. The van der Waals surface area contributed by atoms with Crippen LogP contribution in [0, 0.1) is 0 Å². The molecule has 0 saturated heterocycles. The first-order valence-corrected chi connectivity index (χ1v) is 14.3. The molecule has 204 valence electrons. The van der Waals surface area contributed by atoms with Crippen LogP contribution in [0.25, 0.3) is 0 Å². The minimum Gasteiger partial charge on any atom is -0.497 e. The Kier molecular flexibility index (Phi) is 8.61. The molecule has 1 atom stereocenters. The molecule has 5 rings (SSSR count). The van der Waals surface area contributed by atoms with Gasteiger partial charge in [0.25, 0.3) is 11.8 Å². The number of rotatable bonds is 9. The van der Waals surface area contributed by atoms with E-state index in [-0.39, 0.29) is 30.2 Å². The van der Waals surface area contributed by atoms with Crippen LogP contribution in [-0.2, 0) is 18.4 Å². The fourth-order valence-corrected chi connectivity index (χ4v) is 5.36. The summed E-state index contributed by atoms with van der Waals surface area (Å²) in [6.45, 7) is 0.220. The van der Waals surface area contributed by atoms with Crippen LogP contribution in [0.2, 0.25) is 0 Å². The van der Waals surface area contributed by atoms with Crippen LogP contribution in [0.15, 0.2) is 93.6 Å². The van der Waals surface area contributed by atoms with Crippen LogP contribution >= 0.6 is 27.7 Å². The van der Waals surface area contributed by atoms with Crippen molar-refractivity contribution in [2.24, 2.45) is 12.1 Å². The van der Waals surface area contributed by atoms with Gasteiger partial charge in [0.2, 0.25) is 0 Å².